The Bertz CT molecular complexity index is 603. The van der Waals surface area contributed by atoms with E-state index in [4.69, 9.17) is 5.73 Å². The first-order valence-electron chi connectivity index (χ1n) is 7.89. The Kier molecular flexibility index (Phi) is 6.92. The van der Waals surface area contributed by atoms with Crippen molar-refractivity contribution in [2.75, 3.05) is 17.6 Å². The molecule has 8 heteroatoms. The Hall–Kier alpha value is -2.22. The number of nitrogens with one attached hydrogen (secondary N) is 3. The van der Waals surface area contributed by atoms with Gasteiger partial charge in [-0.05, 0) is 25.0 Å². The first-order chi connectivity index (χ1) is 11.5. The summed E-state index contributed by atoms with van der Waals surface area (Å²) in [6, 6.07) is 7.00. The minimum absolute atomic E-state index is 0.0355. The molecule has 1 aromatic carbocycles. The molecule has 0 spiro atoms. The van der Waals surface area contributed by atoms with Crippen LogP contribution in [0.25, 0.3) is 0 Å². The largest absolute Gasteiger partial charge is 0.375 e. The summed E-state index contributed by atoms with van der Waals surface area (Å²) >= 11 is 1.29. The quantitative estimate of drug-likeness (QED) is 0.556. The van der Waals surface area contributed by atoms with Gasteiger partial charge < -0.3 is 16.4 Å². The molecule has 1 aromatic rings. The number of para-hydroxylation sites is 1. The third kappa shape index (κ3) is 6.11. The van der Waals surface area contributed by atoms with Crippen LogP contribution in [-0.4, -0.2) is 36.2 Å². The summed E-state index contributed by atoms with van der Waals surface area (Å²) in [5, 5.41) is 8.08. The molecular formula is C16H22N4O3S. The van der Waals surface area contributed by atoms with Crippen LogP contribution in [0.15, 0.2) is 29.2 Å². The van der Waals surface area contributed by atoms with Gasteiger partial charge in [-0.25, -0.2) is 4.79 Å². The van der Waals surface area contributed by atoms with E-state index in [0.29, 0.717) is 0 Å². The molecule has 5 N–H and O–H groups in total. The average Bonchev–Trinajstić information content (AvgIpc) is 3.04. The summed E-state index contributed by atoms with van der Waals surface area (Å²) in [6.07, 6.45) is 4.15. The molecule has 1 aliphatic rings. The molecule has 7 nitrogen and oxygen atoms in total. The molecule has 1 fully saturated rings. The van der Waals surface area contributed by atoms with E-state index < -0.39 is 17.8 Å². The van der Waals surface area contributed by atoms with Crippen LogP contribution in [0.4, 0.5) is 10.5 Å². The molecule has 0 heterocycles. The maximum Gasteiger partial charge on any atom is 0.321 e. The number of hydrogen-bond acceptors (Lipinski definition) is 5. The first-order valence-corrected chi connectivity index (χ1v) is 8.87. The summed E-state index contributed by atoms with van der Waals surface area (Å²) in [4.78, 5) is 35.3. The summed E-state index contributed by atoms with van der Waals surface area (Å²) < 4.78 is 0. The first kappa shape index (κ1) is 18.1. The highest BCUT2D eigenvalue weighted by Crippen LogP contribution is 2.26. The van der Waals surface area contributed by atoms with Crippen molar-refractivity contribution < 1.29 is 14.4 Å². The number of nitrogens with two attached hydrogens (primary N) is 1. The SMILES string of the molecule is NC(=O)CSc1ccccc1NCC(=O)NC(=O)NC1CCCC1. The Morgan fingerprint density at radius 2 is 1.88 bits per heavy atom. The predicted octanol–water partition coefficient (Wildman–Crippen LogP) is 1.44. The van der Waals surface area contributed by atoms with Crippen molar-refractivity contribution in [1.29, 1.82) is 0 Å². The molecule has 4 amide bonds. The molecule has 0 aliphatic heterocycles. The lowest BCUT2D eigenvalue weighted by Crippen LogP contribution is -2.45. The molecule has 130 valence electrons. The molecule has 1 saturated carbocycles. The van der Waals surface area contributed by atoms with E-state index >= 15 is 0 Å². The van der Waals surface area contributed by atoms with Crippen LogP contribution in [0, 0.1) is 0 Å². The zero-order valence-electron chi connectivity index (χ0n) is 13.3. The number of carbonyl (C=O) groups excluding carboxylic acids is 3. The molecule has 0 saturated heterocycles. The minimum atomic E-state index is -0.454. The molecule has 0 radical (unpaired) electrons. The third-order valence-corrected chi connectivity index (χ3v) is 4.74. The topological polar surface area (TPSA) is 113 Å². The van der Waals surface area contributed by atoms with Crippen molar-refractivity contribution in [3.63, 3.8) is 0 Å². The Labute approximate surface area is 145 Å². The lowest BCUT2D eigenvalue weighted by Gasteiger charge is -2.13. The van der Waals surface area contributed by atoms with Crippen molar-refractivity contribution in [1.82, 2.24) is 10.6 Å². The fraction of sp³-hybridized carbons (Fsp3) is 0.438. The summed E-state index contributed by atoms with van der Waals surface area (Å²) in [6.45, 7) is -0.0355. The van der Waals surface area contributed by atoms with Gasteiger partial charge >= 0.3 is 6.03 Å². The summed E-state index contributed by atoms with van der Waals surface area (Å²) in [7, 11) is 0. The number of urea groups is 1. The average molecular weight is 350 g/mol. The number of amides is 4. The van der Waals surface area contributed by atoms with Crippen LogP contribution < -0.4 is 21.7 Å². The van der Waals surface area contributed by atoms with Crippen LogP contribution >= 0.6 is 11.8 Å². The molecule has 1 aliphatic carbocycles. The van der Waals surface area contributed by atoms with Crippen molar-refractivity contribution in [2.24, 2.45) is 5.73 Å². The second-order valence-electron chi connectivity index (χ2n) is 5.61. The third-order valence-electron chi connectivity index (χ3n) is 3.64. The highest BCUT2D eigenvalue weighted by Gasteiger charge is 2.18. The normalized spacial score (nSPS) is 14.2. The van der Waals surface area contributed by atoms with Gasteiger partial charge in [0.05, 0.1) is 12.3 Å². The van der Waals surface area contributed by atoms with Crippen LogP contribution in [0.2, 0.25) is 0 Å². The monoisotopic (exact) mass is 350 g/mol. The number of rotatable bonds is 7. The lowest BCUT2D eigenvalue weighted by atomic mass is 10.2. The van der Waals surface area contributed by atoms with Gasteiger partial charge in [0.2, 0.25) is 11.8 Å². The van der Waals surface area contributed by atoms with Gasteiger partial charge in [-0.2, -0.15) is 0 Å². The number of anilines is 1. The molecule has 0 aromatic heterocycles. The Morgan fingerprint density at radius 1 is 1.17 bits per heavy atom. The van der Waals surface area contributed by atoms with Crippen molar-refractivity contribution in [3.8, 4) is 0 Å². The maximum absolute atomic E-state index is 11.9. The lowest BCUT2D eigenvalue weighted by molar-refractivity contribution is -0.118. The van der Waals surface area contributed by atoms with Gasteiger partial charge in [0.25, 0.3) is 0 Å². The Morgan fingerprint density at radius 3 is 2.58 bits per heavy atom. The Balaban J connectivity index is 1.78. The highest BCUT2D eigenvalue weighted by atomic mass is 32.2. The number of imide groups is 1. The standard InChI is InChI=1S/C16H22N4O3S/c17-14(21)10-24-13-8-4-3-7-12(13)18-9-15(22)20-16(23)19-11-5-1-2-6-11/h3-4,7-8,11,18H,1-2,5-6,9-10H2,(H2,17,21)(H2,19,20,22,23). The zero-order chi connectivity index (χ0) is 17.4. The van der Waals surface area contributed by atoms with Gasteiger partial charge in [0, 0.05) is 16.6 Å². The molecular weight excluding hydrogens is 328 g/mol. The van der Waals surface area contributed by atoms with E-state index in [1.54, 1.807) is 6.07 Å². The number of thioether (sulfide) groups is 1. The van der Waals surface area contributed by atoms with Gasteiger partial charge in [0.1, 0.15) is 0 Å². The van der Waals surface area contributed by atoms with Crippen LogP contribution in [0.3, 0.4) is 0 Å². The van der Waals surface area contributed by atoms with E-state index in [1.165, 1.54) is 11.8 Å². The van der Waals surface area contributed by atoms with Gasteiger partial charge in [0.15, 0.2) is 0 Å². The van der Waals surface area contributed by atoms with E-state index in [2.05, 4.69) is 16.0 Å². The van der Waals surface area contributed by atoms with Crippen molar-refractivity contribution in [3.05, 3.63) is 24.3 Å². The second kappa shape index (κ2) is 9.17. The highest BCUT2D eigenvalue weighted by molar-refractivity contribution is 8.00. The van der Waals surface area contributed by atoms with Gasteiger partial charge in [-0.1, -0.05) is 25.0 Å². The van der Waals surface area contributed by atoms with Gasteiger partial charge in [-0.15, -0.1) is 11.8 Å². The van der Waals surface area contributed by atoms with Crippen LogP contribution in [-0.2, 0) is 9.59 Å². The molecule has 24 heavy (non-hydrogen) atoms. The van der Waals surface area contributed by atoms with E-state index in [9.17, 15) is 14.4 Å². The van der Waals surface area contributed by atoms with Crippen LogP contribution in [0.5, 0.6) is 0 Å². The smallest absolute Gasteiger partial charge is 0.321 e. The molecule has 2 rings (SSSR count). The van der Waals surface area contributed by atoms with E-state index in [0.717, 1.165) is 36.3 Å². The maximum atomic E-state index is 11.9. The van der Waals surface area contributed by atoms with Gasteiger partial charge in [-0.3, -0.25) is 14.9 Å². The van der Waals surface area contributed by atoms with Crippen molar-refractivity contribution in [2.45, 2.75) is 36.6 Å². The summed E-state index contributed by atoms with van der Waals surface area (Å²) in [5.41, 5.74) is 5.86. The number of carbonyl (C=O) groups is 3. The number of hydrogen-bond donors (Lipinski definition) is 4. The van der Waals surface area contributed by atoms with Crippen molar-refractivity contribution >= 4 is 35.3 Å². The molecule has 0 bridgehead atoms. The number of benzene rings is 1. The predicted molar refractivity (Wildman–Crippen MR) is 93.8 cm³/mol. The van der Waals surface area contributed by atoms with E-state index in [-0.39, 0.29) is 18.3 Å². The second-order valence-corrected chi connectivity index (χ2v) is 6.62. The van der Waals surface area contributed by atoms with E-state index in [1.807, 2.05) is 18.2 Å². The fourth-order valence-corrected chi connectivity index (χ4v) is 3.29. The van der Waals surface area contributed by atoms with Crippen LogP contribution in [0.1, 0.15) is 25.7 Å². The fourth-order valence-electron chi connectivity index (χ4n) is 2.53. The minimum Gasteiger partial charge on any atom is -0.375 e. The summed E-state index contributed by atoms with van der Waals surface area (Å²) in [5.74, 6) is -0.661. The molecule has 0 atom stereocenters. The zero-order valence-corrected chi connectivity index (χ0v) is 14.2. The molecule has 0 unspecified atom stereocenters. The number of primary amides is 1.